The van der Waals surface area contributed by atoms with Crippen molar-refractivity contribution in [3.63, 3.8) is 0 Å². The number of fused-ring (bicyclic) bond motifs is 3. The van der Waals surface area contributed by atoms with Crippen molar-refractivity contribution < 1.29 is 13.9 Å². The molecule has 0 fully saturated rings. The van der Waals surface area contributed by atoms with Gasteiger partial charge in [0.05, 0.1) is 11.6 Å². The molecule has 0 spiro atoms. The molecule has 2 aromatic carbocycles. The van der Waals surface area contributed by atoms with E-state index in [0.717, 1.165) is 29.6 Å². The molecule has 0 saturated heterocycles. The number of aryl methyl sites for hydroxylation is 2. The molecule has 4 rings (SSSR count). The summed E-state index contributed by atoms with van der Waals surface area (Å²) in [7, 11) is 0. The van der Waals surface area contributed by atoms with Crippen LogP contribution in [0.15, 0.2) is 46.9 Å². The fraction of sp³-hybridized carbons (Fsp3) is 0.238. The average molecular weight is 346 g/mol. The number of rotatable bonds is 4. The van der Waals surface area contributed by atoms with Crippen molar-refractivity contribution in [1.82, 2.24) is 0 Å². The molecule has 130 valence electrons. The lowest BCUT2D eigenvalue weighted by Gasteiger charge is -2.09. The standard InChI is InChI=1S/C21H18N2O3/c22-12-14-5-7-15(8-6-14)23-21(24)13-25-16-9-10-20-18(11-16)17-3-1-2-4-19(17)26-20/h5-11H,1-4,13H2,(H,23,24). The molecule has 1 aliphatic carbocycles. The molecule has 0 unspecified atom stereocenters. The quantitative estimate of drug-likeness (QED) is 0.768. The molecule has 0 saturated carbocycles. The van der Waals surface area contributed by atoms with Crippen LogP contribution in [0.2, 0.25) is 0 Å². The molecule has 0 aliphatic heterocycles. The van der Waals surface area contributed by atoms with E-state index < -0.39 is 0 Å². The SMILES string of the molecule is N#Cc1ccc(NC(=O)COc2ccc3oc4c(c3c2)CCCC4)cc1. The van der Waals surface area contributed by atoms with Crippen LogP contribution in [0.1, 0.15) is 29.7 Å². The van der Waals surface area contributed by atoms with Gasteiger partial charge in [0.2, 0.25) is 0 Å². The molecule has 1 heterocycles. The maximum Gasteiger partial charge on any atom is 0.262 e. The van der Waals surface area contributed by atoms with Gasteiger partial charge < -0.3 is 14.5 Å². The van der Waals surface area contributed by atoms with Crippen molar-refractivity contribution in [3.8, 4) is 11.8 Å². The zero-order valence-corrected chi connectivity index (χ0v) is 14.2. The van der Waals surface area contributed by atoms with Crippen molar-refractivity contribution in [3.05, 3.63) is 59.4 Å². The van der Waals surface area contributed by atoms with E-state index in [9.17, 15) is 4.79 Å². The lowest BCUT2D eigenvalue weighted by atomic mass is 9.96. The van der Waals surface area contributed by atoms with Crippen LogP contribution in [-0.2, 0) is 17.6 Å². The number of ether oxygens (including phenoxy) is 1. The number of amides is 1. The highest BCUT2D eigenvalue weighted by molar-refractivity contribution is 5.92. The molecule has 26 heavy (non-hydrogen) atoms. The number of carbonyl (C=O) groups excluding carboxylic acids is 1. The number of hydrogen-bond donors (Lipinski definition) is 1. The van der Waals surface area contributed by atoms with Gasteiger partial charge in [-0.25, -0.2) is 0 Å². The van der Waals surface area contributed by atoms with Crippen molar-refractivity contribution >= 4 is 22.6 Å². The van der Waals surface area contributed by atoms with Gasteiger partial charge in [-0.3, -0.25) is 4.79 Å². The van der Waals surface area contributed by atoms with Gasteiger partial charge in [-0.15, -0.1) is 0 Å². The Bertz CT molecular complexity index is 997. The van der Waals surface area contributed by atoms with Crippen molar-refractivity contribution in [2.24, 2.45) is 0 Å². The molecule has 0 radical (unpaired) electrons. The highest BCUT2D eigenvalue weighted by atomic mass is 16.5. The summed E-state index contributed by atoms with van der Waals surface area (Å²) >= 11 is 0. The number of benzene rings is 2. The molecular weight excluding hydrogens is 328 g/mol. The third-order valence-corrected chi connectivity index (χ3v) is 4.59. The molecule has 5 heteroatoms. The first-order valence-electron chi connectivity index (χ1n) is 8.70. The summed E-state index contributed by atoms with van der Waals surface area (Å²) in [5, 5.41) is 12.6. The summed E-state index contributed by atoms with van der Waals surface area (Å²) in [5.41, 5.74) is 3.35. The van der Waals surface area contributed by atoms with Gasteiger partial charge in [0.1, 0.15) is 17.1 Å². The van der Waals surface area contributed by atoms with Crippen molar-refractivity contribution in [2.45, 2.75) is 25.7 Å². The smallest absolute Gasteiger partial charge is 0.262 e. The Morgan fingerprint density at radius 3 is 2.77 bits per heavy atom. The molecule has 3 aromatic rings. The Morgan fingerprint density at radius 2 is 1.96 bits per heavy atom. The first-order chi connectivity index (χ1) is 12.7. The minimum absolute atomic E-state index is 0.0778. The molecule has 1 N–H and O–H groups in total. The maximum atomic E-state index is 12.1. The van der Waals surface area contributed by atoms with Crippen LogP contribution in [0.4, 0.5) is 5.69 Å². The lowest BCUT2D eigenvalue weighted by molar-refractivity contribution is -0.118. The van der Waals surface area contributed by atoms with E-state index in [0.29, 0.717) is 17.0 Å². The van der Waals surface area contributed by atoms with E-state index >= 15 is 0 Å². The van der Waals surface area contributed by atoms with E-state index in [-0.39, 0.29) is 12.5 Å². The van der Waals surface area contributed by atoms with Crippen molar-refractivity contribution in [2.75, 3.05) is 11.9 Å². The molecular formula is C21H18N2O3. The van der Waals surface area contributed by atoms with Crippen molar-refractivity contribution in [1.29, 1.82) is 5.26 Å². The molecule has 0 bridgehead atoms. The Hall–Kier alpha value is -3.26. The molecule has 1 aromatic heterocycles. The molecule has 0 atom stereocenters. The number of furan rings is 1. The monoisotopic (exact) mass is 346 g/mol. The Morgan fingerprint density at radius 1 is 1.15 bits per heavy atom. The van der Waals surface area contributed by atoms with Gasteiger partial charge in [-0.1, -0.05) is 0 Å². The second-order valence-corrected chi connectivity index (χ2v) is 6.39. The highest BCUT2D eigenvalue weighted by Gasteiger charge is 2.18. The number of hydrogen-bond acceptors (Lipinski definition) is 4. The summed E-state index contributed by atoms with van der Waals surface area (Å²) in [4.78, 5) is 12.1. The third kappa shape index (κ3) is 3.27. The number of nitriles is 1. The fourth-order valence-electron chi connectivity index (χ4n) is 3.31. The van der Waals surface area contributed by atoms with Crippen LogP contribution in [-0.4, -0.2) is 12.5 Å². The second kappa shape index (κ2) is 6.93. The second-order valence-electron chi connectivity index (χ2n) is 6.39. The zero-order valence-electron chi connectivity index (χ0n) is 14.2. The van der Waals surface area contributed by atoms with Gasteiger partial charge in [0.25, 0.3) is 5.91 Å². The lowest BCUT2D eigenvalue weighted by Crippen LogP contribution is -2.20. The van der Waals surface area contributed by atoms with Crippen LogP contribution < -0.4 is 10.1 Å². The van der Waals surface area contributed by atoms with E-state index in [2.05, 4.69) is 5.32 Å². The van der Waals surface area contributed by atoms with E-state index in [1.807, 2.05) is 24.3 Å². The number of nitrogens with zero attached hydrogens (tertiary/aromatic N) is 1. The largest absolute Gasteiger partial charge is 0.484 e. The number of nitrogens with one attached hydrogen (secondary N) is 1. The minimum atomic E-state index is -0.246. The predicted molar refractivity (Wildman–Crippen MR) is 98.1 cm³/mol. The summed E-state index contributed by atoms with van der Waals surface area (Å²) in [6.45, 7) is -0.0778. The Balaban J connectivity index is 1.42. The number of carbonyl (C=O) groups is 1. The summed E-state index contributed by atoms with van der Waals surface area (Å²) in [6, 6.07) is 14.4. The minimum Gasteiger partial charge on any atom is -0.484 e. The van der Waals surface area contributed by atoms with Crippen LogP contribution in [0, 0.1) is 11.3 Å². The van der Waals surface area contributed by atoms with Crippen LogP contribution in [0.5, 0.6) is 5.75 Å². The van der Waals surface area contributed by atoms with E-state index in [1.54, 1.807) is 24.3 Å². The van der Waals surface area contributed by atoms with E-state index in [4.69, 9.17) is 14.4 Å². The predicted octanol–water partition coefficient (Wildman–Crippen LogP) is 4.20. The van der Waals surface area contributed by atoms with Gasteiger partial charge in [0.15, 0.2) is 6.61 Å². The average Bonchev–Trinajstić information content (AvgIpc) is 3.05. The Kier molecular flexibility index (Phi) is 4.32. The van der Waals surface area contributed by atoms with Gasteiger partial charge >= 0.3 is 0 Å². The maximum absolute atomic E-state index is 12.1. The van der Waals surface area contributed by atoms with Crippen LogP contribution in [0.3, 0.4) is 0 Å². The normalized spacial score (nSPS) is 13.0. The van der Waals surface area contributed by atoms with Crippen LogP contribution >= 0.6 is 0 Å². The summed E-state index contributed by atoms with van der Waals surface area (Å²) in [5.74, 6) is 1.49. The fourth-order valence-corrected chi connectivity index (χ4v) is 3.31. The summed E-state index contributed by atoms with van der Waals surface area (Å²) < 4.78 is 11.6. The Labute approximate surface area is 151 Å². The molecule has 1 aliphatic rings. The highest BCUT2D eigenvalue weighted by Crippen LogP contribution is 2.33. The van der Waals surface area contributed by atoms with Gasteiger partial charge in [0, 0.05) is 23.1 Å². The number of anilines is 1. The van der Waals surface area contributed by atoms with E-state index in [1.165, 1.54) is 18.4 Å². The third-order valence-electron chi connectivity index (χ3n) is 4.59. The van der Waals surface area contributed by atoms with Gasteiger partial charge in [-0.2, -0.15) is 5.26 Å². The topological polar surface area (TPSA) is 75.3 Å². The first-order valence-corrected chi connectivity index (χ1v) is 8.70. The van der Waals surface area contributed by atoms with Crippen LogP contribution in [0.25, 0.3) is 11.0 Å². The molecule has 5 nitrogen and oxygen atoms in total. The van der Waals surface area contributed by atoms with Gasteiger partial charge in [-0.05, 0) is 61.7 Å². The molecule has 1 amide bonds. The zero-order chi connectivity index (χ0) is 17.9. The summed E-state index contributed by atoms with van der Waals surface area (Å²) in [6.07, 6.45) is 4.38. The first kappa shape index (κ1) is 16.2.